The van der Waals surface area contributed by atoms with E-state index < -0.39 is 11.8 Å². The second kappa shape index (κ2) is 7.71. The molecule has 2 aliphatic rings. The number of fused-ring (bicyclic) bond motifs is 1. The van der Waals surface area contributed by atoms with Crippen LogP contribution in [0.15, 0.2) is 48.0 Å². The third-order valence-corrected chi connectivity index (χ3v) is 6.69. The van der Waals surface area contributed by atoms with Gasteiger partial charge in [-0.05, 0) is 99.4 Å². The van der Waals surface area contributed by atoms with Crippen molar-refractivity contribution in [3.8, 4) is 0 Å². The highest BCUT2D eigenvalue weighted by Gasteiger charge is 2.35. The van der Waals surface area contributed by atoms with Crippen LogP contribution in [0, 0.1) is 13.8 Å². The summed E-state index contributed by atoms with van der Waals surface area (Å²) >= 11 is 5.32. The van der Waals surface area contributed by atoms with E-state index >= 15 is 0 Å². The molecule has 0 saturated carbocycles. The predicted octanol–water partition coefficient (Wildman–Crippen LogP) is 4.77. The lowest BCUT2D eigenvalue weighted by Gasteiger charge is -2.40. The predicted molar refractivity (Wildman–Crippen MR) is 135 cm³/mol. The maximum atomic E-state index is 13.3. The molecule has 0 unspecified atom stereocenters. The highest BCUT2D eigenvalue weighted by molar-refractivity contribution is 7.80. The molecule has 1 fully saturated rings. The zero-order valence-electron chi connectivity index (χ0n) is 19.2. The lowest BCUT2D eigenvalue weighted by Crippen LogP contribution is -2.54. The van der Waals surface area contributed by atoms with Crippen LogP contribution in [-0.4, -0.2) is 29.5 Å². The summed E-state index contributed by atoms with van der Waals surface area (Å²) in [7, 11) is 2.07. The Labute approximate surface area is 194 Å². The number of benzene rings is 2. The van der Waals surface area contributed by atoms with Gasteiger partial charge in [0.25, 0.3) is 11.8 Å². The molecule has 4 rings (SSSR count). The number of allylic oxidation sites excluding steroid dienone is 1. The first-order valence-corrected chi connectivity index (χ1v) is 11.0. The molecule has 2 heterocycles. The highest BCUT2D eigenvalue weighted by atomic mass is 32.1. The number of likely N-dealkylation sites (N-methyl/N-ethyl adjacent to an activating group) is 1. The first-order chi connectivity index (χ1) is 15.0. The number of hydrogen-bond acceptors (Lipinski definition) is 4. The number of anilines is 2. The number of aryl methyl sites for hydroxylation is 2. The van der Waals surface area contributed by atoms with Gasteiger partial charge in [-0.3, -0.25) is 19.8 Å². The second-order valence-electron chi connectivity index (χ2n) is 9.04. The maximum absolute atomic E-state index is 13.3. The van der Waals surface area contributed by atoms with Gasteiger partial charge in [0, 0.05) is 18.3 Å². The Morgan fingerprint density at radius 3 is 2.41 bits per heavy atom. The molecule has 1 saturated heterocycles. The molecule has 5 nitrogen and oxygen atoms in total. The third kappa shape index (κ3) is 3.65. The molecule has 2 amide bonds. The minimum absolute atomic E-state index is 0.0582. The van der Waals surface area contributed by atoms with Gasteiger partial charge < -0.3 is 4.90 Å². The van der Waals surface area contributed by atoms with Crippen LogP contribution in [0.25, 0.3) is 11.6 Å². The van der Waals surface area contributed by atoms with Gasteiger partial charge in [0.2, 0.25) is 0 Å². The van der Waals surface area contributed by atoms with E-state index in [2.05, 4.69) is 44.1 Å². The lowest BCUT2D eigenvalue weighted by molar-refractivity contribution is -0.122. The van der Waals surface area contributed by atoms with Crippen LogP contribution in [0.4, 0.5) is 11.4 Å². The zero-order valence-corrected chi connectivity index (χ0v) is 20.1. The molecule has 0 atom stereocenters. The van der Waals surface area contributed by atoms with Crippen LogP contribution < -0.4 is 15.1 Å². The van der Waals surface area contributed by atoms with Gasteiger partial charge in [-0.1, -0.05) is 18.2 Å². The smallest absolute Gasteiger partial charge is 0.270 e. The summed E-state index contributed by atoms with van der Waals surface area (Å²) in [5.74, 6) is -0.909. The molecule has 1 N–H and O–H groups in total. The Kier molecular flexibility index (Phi) is 5.29. The fourth-order valence-electron chi connectivity index (χ4n) is 4.19. The number of rotatable bonds is 2. The minimum atomic E-state index is -0.483. The Morgan fingerprint density at radius 2 is 1.72 bits per heavy atom. The molecule has 2 aromatic rings. The van der Waals surface area contributed by atoms with Gasteiger partial charge in [0.15, 0.2) is 5.11 Å². The summed E-state index contributed by atoms with van der Waals surface area (Å²) in [6, 6.07) is 11.7. The standard InChI is InChI=1S/C26H27N3O2S/c1-15-7-9-19(11-16(15)2)29-24(31)21(23(30)27-25(29)32)13-18-8-10-22-20(12-18)17(3)14-26(4,5)28(22)6/h7-14H,1-6H3,(H,27,30,32)/b21-13+. The first kappa shape index (κ1) is 22.0. The SMILES string of the molecule is CC1=CC(C)(C)N(C)c2ccc(/C=C3\C(=O)NC(=S)N(c4ccc(C)c(C)c4)C3=O)cc21. The quantitative estimate of drug-likeness (QED) is 0.411. The van der Waals surface area contributed by atoms with Crippen molar-refractivity contribution in [2.24, 2.45) is 0 Å². The summed E-state index contributed by atoms with van der Waals surface area (Å²) in [4.78, 5) is 29.6. The van der Waals surface area contributed by atoms with E-state index in [1.165, 1.54) is 10.5 Å². The largest absolute Gasteiger partial charge is 0.366 e. The van der Waals surface area contributed by atoms with Crippen LogP contribution in [0.1, 0.15) is 43.0 Å². The van der Waals surface area contributed by atoms with Crippen molar-refractivity contribution in [1.29, 1.82) is 0 Å². The third-order valence-electron chi connectivity index (χ3n) is 6.40. The van der Waals surface area contributed by atoms with Crippen LogP contribution in [0.3, 0.4) is 0 Å². The molecule has 0 aromatic heterocycles. The van der Waals surface area contributed by atoms with Crippen molar-refractivity contribution >= 4 is 52.2 Å². The fraction of sp³-hybridized carbons (Fsp3) is 0.269. The normalized spacial score (nSPS) is 19.1. The van der Waals surface area contributed by atoms with E-state index in [0.717, 1.165) is 27.9 Å². The van der Waals surface area contributed by atoms with E-state index in [4.69, 9.17) is 12.2 Å². The van der Waals surface area contributed by atoms with Crippen molar-refractivity contribution < 1.29 is 9.59 Å². The van der Waals surface area contributed by atoms with Crippen molar-refractivity contribution in [3.63, 3.8) is 0 Å². The van der Waals surface area contributed by atoms with Crippen LogP contribution >= 0.6 is 12.2 Å². The molecule has 2 aromatic carbocycles. The monoisotopic (exact) mass is 445 g/mol. The Morgan fingerprint density at radius 1 is 1.00 bits per heavy atom. The Bertz CT molecular complexity index is 1240. The number of nitrogens with zero attached hydrogens (tertiary/aromatic N) is 2. The van der Waals surface area contributed by atoms with Gasteiger partial charge in [0.05, 0.1) is 11.2 Å². The molecule has 0 radical (unpaired) electrons. The van der Waals surface area contributed by atoms with Crippen molar-refractivity contribution in [2.75, 3.05) is 16.8 Å². The topological polar surface area (TPSA) is 52.7 Å². The van der Waals surface area contributed by atoms with Gasteiger partial charge in [0.1, 0.15) is 5.57 Å². The fourth-order valence-corrected chi connectivity index (χ4v) is 4.47. The molecule has 2 aliphatic heterocycles. The molecular weight excluding hydrogens is 418 g/mol. The number of hydrogen-bond donors (Lipinski definition) is 1. The van der Waals surface area contributed by atoms with E-state index in [1.807, 2.05) is 50.2 Å². The van der Waals surface area contributed by atoms with E-state index in [-0.39, 0.29) is 16.2 Å². The van der Waals surface area contributed by atoms with E-state index in [9.17, 15) is 9.59 Å². The number of carbonyl (C=O) groups excluding carboxylic acids is 2. The van der Waals surface area contributed by atoms with Gasteiger partial charge in [-0.2, -0.15) is 0 Å². The molecule has 32 heavy (non-hydrogen) atoms. The van der Waals surface area contributed by atoms with Gasteiger partial charge in [-0.25, -0.2) is 0 Å². The first-order valence-electron chi connectivity index (χ1n) is 10.6. The van der Waals surface area contributed by atoms with Gasteiger partial charge in [-0.15, -0.1) is 0 Å². The maximum Gasteiger partial charge on any atom is 0.270 e. The number of amides is 2. The van der Waals surface area contributed by atoms with Crippen molar-refractivity contribution in [1.82, 2.24) is 5.32 Å². The number of thiocarbonyl (C=S) groups is 1. The second-order valence-corrected chi connectivity index (χ2v) is 9.43. The Balaban J connectivity index is 1.74. The lowest BCUT2D eigenvalue weighted by atomic mass is 9.88. The molecule has 0 bridgehead atoms. The van der Waals surface area contributed by atoms with Crippen LogP contribution in [0.5, 0.6) is 0 Å². The average molecular weight is 446 g/mol. The Hall–Kier alpha value is -3.25. The number of nitrogens with one attached hydrogen (secondary N) is 1. The molecule has 6 heteroatoms. The highest BCUT2D eigenvalue weighted by Crippen LogP contribution is 2.38. The summed E-state index contributed by atoms with van der Waals surface area (Å²) in [5.41, 5.74) is 6.94. The zero-order chi connectivity index (χ0) is 23.4. The van der Waals surface area contributed by atoms with Crippen LogP contribution in [0.2, 0.25) is 0 Å². The minimum Gasteiger partial charge on any atom is -0.366 e. The summed E-state index contributed by atoms with van der Waals surface area (Å²) in [6.07, 6.45) is 3.87. The van der Waals surface area contributed by atoms with E-state index in [0.29, 0.717) is 5.69 Å². The van der Waals surface area contributed by atoms with E-state index in [1.54, 1.807) is 6.08 Å². The average Bonchev–Trinajstić information content (AvgIpc) is 2.71. The molecule has 164 valence electrons. The summed E-state index contributed by atoms with van der Waals surface area (Å²) in [5, 5.41) is 2.75. The number of carbonyl (C=O) groups is 2. The molecular formula is C26H27N3O2S. The van der Waals surface area contributed by atoms with Gasteiger partial charge >= 0.3 is 0 Å². The van der Waals surface area contributed by atoms with Crippen molar-refractivity contribution in [3.05, 3.63) is 70.3 Å². The molecule has 0 aliphatic carbocycles. The molecule has 0 spiro atoms. The summed E-state index contributed by atoms with van der Waals surface area (Å²) in [6.45, 7) is 10.4. The van der Waals surface area contributed by atoms with Crippen LogP contribution in [-0.2, 0) is 9.59 Å². The van der Waals surface area contributed by atoms with Crippen molar-refractivity contribution in [2.45, 2.75) is 40.2 Å². The summed E-state index contributed by atoms with van der Waals surface area (Å²) < 4.78 is 0.